The molecule has 0 saturated carbocycles. The molecule has 1 aromatic heterocycles. The summed E-state index contributed by atoms with van der Waals surface area (Å²) in [7, 11) is 0. The summed E-state index contributed by atoms with van der Waals surface area (Å²) in [5, 5.41) is 33.0. The number of tetrazole rings is 1. The molecule has 0 aliphatic carbocycles. The number of nitrogens with zero attached hydrogens (tertiary/aromatic N) is 4. The molecule has 0 radical (unpaired) electrons. The molecule has 0 saturated heterocycles. The molecule has 1 atom stereocenters. The maximum atomic E-state index is 11.0. The van der Waals surface area contributed by atoms with Gasteiger partial charge in [0, 0.05) is 12.0 Å². The molecule has 1 unspecified atom stereocenters. The number of carboxylic acids is 1. The number of anilines is 1. The highest BCUT2D eigenvalue weighted by molar-refractivity contribution is 5.82. The van der Waals surface area contributed by atoms with Gasteiger partial charge in [-0.25, -0.2) is 9.86 Å². The molecular weight excluding hydrogens is 238 g/mol. The second kappa shape index (κ2) is 3.77. The molecule has 92 valence electrons. The SMILES string of the molecule is O=C(O)C1Cc2ccc(-c3nn[nH]n3)cc2N1O. The zero-order valence-electron chi connectivity index (χ0n) is 9.11. The minimum Gasteiger partial charge on any atom is -0.480 e. The Kier molecular flexibility index (Phi) is 2.23. The van der Waals surface area contributed by atoms with Gasteiger partial charge in [-0.15, -0.1) is 10.2 Å². The Morgan fingerprint density at radius 1 is 1.50 bits per heavy atom. The highest BCUT2D eigenvalue weighted by Gasteiger charge is 2.34. The van der Waals surface area contributed by atoms with Crippen molar-refractivity contribution in [3.8, 4) is 11.4 Å². The van der Waals surface area contributed by atoms with E-state index in [1.165, 1.54) is 0 Å². The molecule has 1 aliphatic heterocycles. The Morgan fingerprint density at radius 3 is 3.00 bits per heavy atom. The maximum Gasteiger partial charge on any atom is 0.329 e. The predicted octanol–water partition coefficient (Wildman–Crippen LogP) is 0.0716. The first kappa shape index (κ1) is 10.7. The molecule has 8 heteroatoms. The first-order valence-corrected chi connectivity index (χ1v) is 5.24. The molecule has 3 rings (SSSR count). The molecule has 18 heavy (non-hydrogen) atoms. The molecule has 2 aromatic rings. The molecule has 1 aliphatic rings. The Morgan fingerprint density at radius 2 is 2.33 bits per heavy atom. The van der Waals surface area contributed by atoms with Crippen LogP contribution in [0, 0.1) is 0 Å². The number of carboxylic acid groups (broad SMARTS) is 1. The third-order valence-electron chi connectivity index (χ3n) is 2.93. The molecule has 0 fully saturated rings. The Hall–Kier alpha value is -2.48. The fourth-order valence-electron chi connectivity index (χ4n) is 2.03. The van der Waals surface area contributed by atoms with Gasteiger partial charge in [-0.2, -0.15) is 5.21 Å². The van der Waals surface area contributed by atoms with E-state index >= 15 is 0 Å². The van der Waals surface area contributed by atoms with Gasteiger partial charge < -0.3 is 5.11 Å². The van der Waals surface area contributed by atoms with Gasteiger partial charge in [0.15, 0.2) is 6.04 Å². The molecule has 0 bridgehead atoms. The van der Waals surface area contributed by atoms with Crippen molar-refractivity contribution in [1.29, 1.82) is 0 Å². The molecule has 0 spiro atoms. The Labute approximate surface area is 101 Å². The fraction of sp³-hybridized carbons (Fsp3) is 0.200. The van der Waals surface area contributed by atoms with Gasteiger partial charge in [0.1, 0.15) is 0 Å². The number of hydrogen-bond acceptors (Lipinski definition) is 6. The number of H-pyrrole nitrogens is 1. The first-order valence-electron chi connectivity index (χ1n) is 5.24. The summed E-state index contributed by atoms with van der Waals surface area (Å²) in [6, 6.07) is 4.22. The minimum atomic E-state index is -1.06. The van der Waals surface area contributed by atoms with Crippen molar-refractivity contribution >= 4 is 11.7 Å². The zero-order chi connectivity index (χ0) is 12.7. The number of hydrogen-bond donors (Lipinski definition) is 3. The lowest BCUT2D eigenvalue weighted by atomic mass is 10.1. The Balaban J connectivity index is 2.01. The normalized spacial score (nSPS) is 17.8. The Bertz CT molecular complexity index is 598. The third-order valence-corrected chi connectivity index (χ3v) is 2.93. The summed E-state index contributed by atoms with van der Waals surface area (Å²) < 4.78 is 0. The first-order chi connectivity index (χ1) is 8.66. The van der Waals surface area contributed by atoms with Crippen molar-refractivity contribution in [3.63, 3.8) is 0 Å². The minimum absolute atomic E-state index is 0.272. The molecule has 1 aromatic carbocycles. The van der Waals surface area contributed by atoms with E-state index in [-0.39, 0.29) is 6.42 Å². The van der Waals surface area contributed by atoms with E-state index in [0.717, 1.165) is 10.6 Å². The zero-order valence-corrected chi connectivity index (χ0v) is 9.11. The lowest BCUT2D eigenvalue weighted by Gasteiger charge is -2.16. The fourth-order valence-corrected chi connectivity index (χ4v) is 2.03. The van der Waals surface area contributed by atoms with Crippen molar-refractivity contribution < 1.29 is 15.1 Å². The summed E-state index contributed by atoms with van der Waals surface area (Å²) in [5.74, 6) is -0.667. The smallest absolute Gasteiger partial charge is 0.329 e. The van der Waals surface area contributed by atoms with Crippen molar-refractivity contribution in [2.45, 2.75) is 12.5 Å². The van der Waals surface area contributed by atoms with Crippen LogP contribution in [0.3, 0.4) is 0 Å². The van der Waals surface area contributed by atoms with E-state index in [1.54, 1.807) is 18.2 Å². The van der Waals surface area contributed by atoms with Gasteiger partial charge in [0.05, 0.1) is 5.69 Å². The van der Waals surface area contributed by atoms with E-state index in [2.05, 4.69) is 20.6 Å². The quantitative estimate of drug-likeness (QED) is 0.687. The van der Waals surface area contributed by atoms with Crippen LogP contribution in [-0.4, -0.2) is 42.9 Å². The van der Waals surface area contributed by atoms with Crippen LogP contribution in [0.5, 0.6) is 0 Å². The topological polar surface area (TPSA) is 115 Å². The molecule has 0 amide bonds. The highest BCUT2D eigenvalue weighted by atomic mass is 16.5. The van der Waals surface area contributed by atoms with Gasteiger partial charge in [0.25, 0.3) is 0 Å². The van der Waals surface area contributed by atoms with Crippen molar-refractivity contribution in [3.05, 3.63) is 23.8 Å². The van der Waals surface area contributed by atoms with Gasteiger partial charge in [-0.3, -0.25) is 5.21 Å². The van der Waals surface area contributed by atoms with Crippen LogP contribution in [0.15, 0.2) is 18.2 Å². The van der Waals surface area contributed by atoms with Crippen LogP contribution in [0.25, 0.3) is 11.4 Å². The number of aliphatic carboxylic acids is 1. The average Bonchev–Trinajstić information content (AvgIpc) is 2.97. The monoisotopic (exact) mass is 247 g/mol. The lowest BCUT2D eigenvalue weighted by Crippen LogP contribution is -2.35. The summed E-state index contributed by atoms with van der Waals surface area (Å²) >= 11 is 0. The number of fused-ring (bicyclic) bond motifs is 1. The second-order valence-corrected chi connectivity index (χ2v) is 3.98. The number of aromatic amines is 1. The molecule has 2 heterocycles. The summed E-state index contributed by atoms with van der Waals surface area (Å²) in [4.78, 5) is 11.0. The number of benzene rings is 1. The van der Waals surface area contributed by atoms with Crippen LogP contribution in [0.1, 0.15) is 5.56 Å². The van der Waals surface area contributed by atoms with E-state index in [9.17, 15) is 10.0 Å². The van der Waals surface area contributed by atoms with E-state index in [0.29, 0.717) is 17.1 Å². The van der Waals surface area contributed by atoms with Crippen LogP contribution in [-0.2, 0) is 11.2 Å². The highest BCUT2D eigenvalue weighted by Crippen LogP contribution is 2.33. The number of rotatable bonds is 2. The molecule has 3 N–H and O–H groups in total. The van der Waals surface area contributed by atoms with Gasteiger partial charge in [-0.1, -0.05) is 12.1 Å². The van der Waals surface area contributed by atoms with Gasteiger partial charge >= 0.3 is 5.97 Å². The van der Waals surface area contributed by atoms with Gasteiger partial charge in [-0.05, 0) is 16.8 Å². The van der Waals surface area contributed by atoms with E-state index in [4.69, 9.17) is 5.11 Å². The van der Waals surface area contributed by atoms with Crippen LogP contribution in [0.2, 0.25) is 0 Å². The van der Waals surface area contributed by atoms with Gasteiger partial charge in [0.2, 0.25) is 5.82 Å². The standard InChI is InChI=1S/C10H9N5O3/c16-10(17)8-3-5-1-2-6(4-7(5)15(8)18)9-11-13-14-12-9/h1-2,4,8,18H,3H2,(H,16,17)(H,11,12,13,14). The van der Waals surface area contributed by atoms with E-state index < -0.39 is 12.0 Å². The van der Waals surface area contributed by atoms with Crippen molar-refractivity contribution in [2.24, 2.45) is 0 Å². The largest absolute Gasteiger partial charge is 0.480 e. The summed E-state index contributed by atoms with van der Waals surface area (Å²) in [6.07, 6.45) is 0.272. The molecule has 8 nitrogen and oxygen atoms in total. The van der Waals surface area contributed by atoms with Crippen molar-refractivity contribution in [2.75, 3.05) is 5.06 Å². The third kappa shape index (κ3) is 1.51. The number of hydroxylamine groups is 1. The lowest BCUT2D eigenvalue weighted by molar-refractivity contribution is -0.139. The predicted molar refractivity (Wildman–Crippen MR) is 59.0 cm³/mol. The molecular formula is C10H9N5O3. The number of carbonyl (C=O) groups is 1. The maximum absolute atomic E-state index is 11.0. The van der Waals surface area contributed by atoms with Crippen molar-refractivity contribution in [1.82, 2.24) is 20.6 Å². The number of nitrogens with one attached hydrogen (secondary N) is 1. The van der Waals surface area contributed by atoms with Crippen LogP contribution in [0.4, 0.5) is 5.69 Å². The summed E-state index contributed by atoms with van der Waals surface area (Å²) in [5.41, 5.74) is 1.90. The summed E-state index contributed by atoms with van der Waals surface area (Å²) in [6.45, 7) is 0. The van der Waals surface area contributed by atoms with Crippen LogP contribution < -0.4 is 5.06 Å². The van der Waals surface area contributed by atoms with Crippen LogP contribution >= 0.6 is 0 Å². The number of aromatic nitrogens is 4. The average molecular weight is 247 g/mol. The second-order valence-electron chi connectivity index (χ2n) is 3.98. The van der Waals surface area contributed by atoms with E-state index in [1.807, 2.05) is 0 Å².